The second-order valence-corrected chi connectivity index (χ2v) is 8.79. The molecular formula is C27H28N6O4. The van der Waals surface area contributed by atoms with Gasteiger partial charge in [-0.1, -0.05) is 18.2 Å². The summed E-state index contributed by atoms with van der Waals surface area (Å²) in [7, 11) is 0. The normalized spacial score (nSPS) is 15.1. The molecule has 1 amide bonds. The predicted octanol–water partition coefficient (Wildman–Crippen LogP) is 3.41. The number of likely N-dealkylation sites (tertiary alicyclic amines) is 1. The van der Waals surface area contributed by atoms with Gasteiger partial charge in [0.1, 0.15) is 43.5 Å². The number of ether oxygens (including phenoxy) is 2. The topological polar surface area (TPSA) is 123 Å². The Morgan fingerprint density at radius 3 is 2.86 bits per heavy atom. The minimum atomic E-state index is -0.496. The number of nitrogens with one attached hydrogen (secondary N) is 1. The fraction of sp³-hybridized carbons (Fsp3) is 0.296. The molecule has 0 unspecified atom stereocenters. The summed E-state index contributed by atoms with van der Waals surface area (Å²) in [6.07, 6.45) is 8.15. The van der Waals surface area contributed by atoms with Crippen molar-refractivity contribution in [3.05, 3.63) is 72.6 Å². The van der Waals surface area contributed by atoms with Gasteiger partial charge in [-0.3, -0.25) is 14.8 Å². The molecule has 1 fully saturated rings. The maximum atomic E-state index is 12.1. The van der Waals surface area contributed by atoms with Crippen molar-refractivity contribution in [1.82, 2.24) is 24.8 Å². The third-order valence-corrected chi connectivity index (χ3v) is 6.33. The van der Waals surface area contributed by atoms with Crippen molar-refractivity contribution in [3.63, 3.8) is 0 Å². The van der Waals surface area contributed by atoms with Crippen LogP contribution in [0.3, 0.4) is 0 Å². The van der Waals surface area contributed by atoms with Crippen LogP contribution in [0.5, 0.6) is 11.5 Å². The molecule has 0 spiro atoms. The highest BCUT2D eigenvalue weighted by Crippen LogP contribution is 2.36. The van der Waals surface area contributed by atoms with Crippen molar-refractivity contribution in [1.29, 1.82) is 0 Å². The molecule has 1 aliphatic heterocycles. The number of hydrogen-bond donors (Lipinski definition) is 2. The molecule has 0 saturated carbocycles. The number of amides is 1. The summed E-state index contributed by atoms with van der Waals surface area (Å²) in [4.78, 5) is 31.1. The van der Waals surface area contributed by atoms with E-state index in [1.54, 1.807) is 23.5 Å². The lowest BCUT2D eigenvalue weighted by Gasteiger charge is -2.24. The number of carbonyl (C=O) groups is 1. The molecule has 2 aromatic carbocycles. The zero-order chi connectivity index (χ0) is 25.6. The third kappa shape index (κ3) is 5.44. The van der Waals surface area contributed by atoms with Gasteiger partial charge in [-0.05, 0) is 43.5 Å². The monoisotopic (exact) mass is 500 g/mol. The Hall–Kier alpha value is -4.31. The van der Waals surface area contributed by atoms with Crippen LogP contribution in [0.15, 0.2) is 61.3 Å². The van der Waals surface area contributed by atoms with Crippen LogP contribution in [0.2, 0.25) is 0 Å². The number of benzene rings is 2. The number of carbonyl (C=O) groups excluding carboxylic acids is 1. The van der Waals surface area contributed by atoms with E-state index in [2.05, 4.69) is 25.3 Å². The fourth-order valence-electron chi connectivity index (χ4n) is 4.53. The first kappa shape index (κ1) is 24.4. The molecule has 3 heterocycles. The Morgan fingerprint density at radius 1 is 1.14 bits per heavy atom. The van der Waals surface area contributed by atoms with Gasteiger partial charge in [-0.2, -0.15) is 0 Å². The second-order valence-electron chi connectivity index (χ2n) is 8.79. The number of hydrogen-bond acceptors (Lipinski definition) is 9. The Kier molecular flexibility index (Phi) is 7.36. The van der Waals surface area contributed by atoms with Crippen LogP contribution in [-0.2, 0) is 11.4 Å². The van der Waals surface area contributed by atoms with Crippen LogP contribution in [0.1, 0.15) is 24.1 Å². The summed E-state index contributed by atoms with van der Waals surface area (Å²) in [6.45, 7) is 2.70. The van der Waals surface area contributed by atoms with E-state index in [-0.39, 0.29) is 18.6 Å². The molecule has 0 radical (unpaired) electrons. The molecule has 2 N–H and O–H groups in total. The van der Waals surface area contributed by atoms with Crippen molar-refractivity contribution in [3.8, 4) is 11.5 Å². The van der Waals surface area contributed by atoms with E-state index in [0.717, 1.165) is 40.7 Å². The van der Waals surface area contributed by atoms with E-state index in [4.69, 9.17) is 9.47 Å². The van der Waals surface area contributed by atoms with Crippen LogP contribution in [-0.4, -0.2) is 61.6 Å². The number of aliphatic hydroxyl groups is 1. The first-order chi connectivity index (χ1) is 18.1. The Morgan fingerprint density at radius 2 is 2.03 bits per heavy atom. The van der Waals surface area contributed by atoms with Crippen LogP contribution in [0.4, 0.5) is 11.5 Å². The molecule has 0 bridgehead atoms. The standard InChI is InChI=1S/C27H28N6O4/c1-18-5-2-8-22(26(18)37-15-19-13-28-10-11-29-19)32-27-25-21(30-17-31-27)7-3-9-23(25)36-16-20-6-4-12-33(20)24(35)14-34/h2-3,5,7-11,13,17,20,34H,4,6,12,14-16H2,1H3,(H,30,31,32)/t20-/m0/s1. The molecular weight excluding hydrogens is 472 g/mol. The molecule has 5 rings (SSSR count). The molecule has 10 heteroatoms. The highest BCUT2D eigenvalue weighted by molar-refractivity contribution is 5.96. The van der Waals surface area contributed by atoms with E-state index in [0.29, 0.717) is 30.5 Å². The Balaban J connectivity index is 1.41. The number of aryl methyl sites for hydroxylation is 1. The van der Waals surface area contributed by atoms with Gasteiger partial charge in [0.15, 0.2) is 0 Å². The predicted molar refractivity (Wildman–Crippen MR) is 138 cm³/mol. The SMILES string of the molecule is Cc1cccc(Nc2ncnc3cccc(OC[C@@H]4CCCN4C(=O)CO)c23)c1OCc1cnccn1. The van der Waals surface area contributed by atoms with Crippen molar-refractivity contribution < 1.29 is 19.4 Å². The van der Waals surface area contributed by atoms with E-state index in [9.17, 15) is 9.90 Å². The Labute approximate surface area is 214 Å². The fourth-order valence-corrected chi connectivity index (χ4v) is 4.53. The lowest BCUT2D eigenvalue weighted by Crippen LogP contribution is -2.40. The zero-order valence-electron chi connectivity index (χ0n) is 20.5. The molecule has 4 aromatic rings. The van der Waals surface area contributed by atoms with Gasteiger partial charge >= 0.3 is 0 Å². The highest BCUT2D eigenvalue weighted by Gasteiger charge is 2.29. The average molecular weight is 501 g/mol. The molecule has 0 aliphatic carbocycles. The average Bonchev–Trinajstić information content (AvgIpc) is 3.40. The van der Waals surface area contributed by atoms with E-state index in [1.807, 2.05) is 43.3 Å². The summed E-state index contributed by atoms with van der Waals surface area (Å²) < 4.78 is 12.4. The Bertz CT molecular complexity index is 1380. The number of aliphatic hydroxyl groups excluding tert-OH is 1. The van der Waals surface area contributed by atoms with Crippen molar-refractivity contribution in [2.45, 2.75) is 32.4 Å². The minimum Gasteiger partial charge on any atom is -0.491 e. The van der Waals surface area contributed by atoms with Crippen molar-refractivity contribution in [2.24, 2.45) is 0 Å². The maximum absolute atomic E-state index is 12.1. The number of nitrogens with zero attached hydrogens (tertiary/aromatic N) is 5. The maximum Gasteiger partial charge on any atom is 0.248 e. The number of anilines is 2. The van der Waals surface area contributed by atoms with E-state index < -0.39 is 6.61 Å². The molecule has 10 nitrogen and oxygen atoms in total. The molecule has 190 valence electrons. The summed E-state index contributed by atoms with van der Waals surface area (Å²) in [5.74, 6) is 1.59. The number of para-hydroxylation sites is 1. The number of aromatic nitrogens is 4. The van der Waals surface area contributed by atoms with Crippen LogP contribution in [0, 0.1) is 6.92 Å². The van der Waals surface area contributed by atoms with Crippen LogP contribution in [0.25, 0.3) is 10.9 Å². The summed E-state index contributed by atoms with van der Waals surface area (Å²) in [6, 6.07) is 11.4. The zero-order valence-corrected chi connectivity index (χ0v) is 20.5. The minimum absolute atomic E-state index is 0.0891. The summed E-state index contributed by atoms with van der Waals surface area (Å²) >= 11 is 0. The lowest BCUT2D eigenvalue weighted by molar-refractivity contribution is -0.135. The first-order valence-electron chi connectivity index (χ1n) is 12.1. The van der Waals surface area contributed by atoms with Crippen LogP contribution >= 0.6 is 0 Å². The molecule has 1 aliphatic rings. The van der Waals surface area contributed by atoms with Gasteiger partial charge < -0.3 is 24.8 Å². The summed E-state index contributed by atoms with van der Waals surface area (Å²) in [5.41, 5.74) is 3.15. The van der Waals surface area contributed by atoms with Gasteiger partial charge in [0.05, 0.1) is 34.5 Å². The van der Waals surface area contributed by atoms with Crippen molar-refractivity contribution in [2.75, 3.05) is 25.1 Å². The molecule has 2 aromatic heterocycles. The van der Waals surface area contributed by atoms with Crippen LogP contribution < -0.4 is 14.8 Å². The third-order valence-electron chi connectivity index (χ3n) is 6.33. The van der Waals surface area contributed by atoms with Gasteiger partial charge in [-0.15, -0.1) is 0 Å². The first-order valence-corrected chi connectivity index (χ1v) is 12.1. The summed E-state index contributed by atoms with van der Waals surface area (Å²) in [5, 5.41) is 13.4. The van der Waals surface area contributed by atoms with Gasteiger partial charge in [0.25, 0.3) is 0 Å². The van der Waals surface area contributed by atoms with Crippen molar-refractivity contribution >= 4 is 28.3 Å². The second kappa shape index (κ2) is 11.2. The van der Waals surface area contributed by atoms with E-state index in [1.165, 1.54) is 6.33 Å². The quantitative estimate of drug-likeness (QED) is 0.356. The van der Waals surface area contributed by atoms with Gasteiger partial charge in [-0.25, -0.2) is 9.97 Å². The number of rotatable bonds is 9. The smallest absolute Gasteiger partial charge is 0.248 e. The van der Waals surface area contributed by atoms with E-state index >= 15 is 0 Å². The van der Waals surface area contributed by atoms with Gasteiger partial charge in [0, 0.05) is 18.9 Å². The van der Waals surface area contributed by atoms with Gasteiger partial charge in [0.2, 0.25) is 5.91 Å². The largest absolute Gasteiger partial charge is 0.491 e. The molecule has 37 heavy (non-hydrogen) atoms. The highest BCUT2D eigenvalue weighted by atomic mass is 16.5. The lowest BCUT2D eigenvalue weighted by atomic mass is 10.1. The number of fused-ring (bicyclic) bond motifs is 1. The molecule has 1 atom stereocenters. The molecule has 1 saturated heterocycles.